The van der Waals surface area contributed by atoms with Crippen molar-refractivity contribution in [3.05, 3.63) is 94.0 Å². The number of likely N-dealkylation sites (tertiary alicyclic amines) is 1. The molecule has 0 radical (unpaired) electrons. The summed E-state index contributed by atoms with van der Waals surface area (Å²) in [5, 5.41) is 11.0. The number of amides is 1. The molecule has 1 atom stereocenters. The van der Waals surface area contributed by atoms with Crippen molar-refractivity contribution in [2.24, 2.45) is 0 Å². The second-order valence-corrected chi connectivity index (χ2v) is 8.48. The number of aromatic nitrogens is 2. The van der Waals surface area contributed by atoms with Gasteiger partial charge in [0.15, 0.2) is 0 Å². The number of aliphatic hydroxyl groups is 1. The van der Waals surface area contributed by atoms with Gasteiger partial charge in [-0.25, -0.2) is 4.98 Å². The molecule has 1 fully saturated rings. The fraction of sp³-hybridized carbons (Fsp3) is 0.208. The number of hydrogen-bond donors (Lipinski definition) is 1. The zero-order valence-corrected chi connectivity index (χ0v) is 18.6. The number of halogens is 1. The highest BCUT2D eigenvalue weighted by Crippen LogP contribution is 2.39. The molecule has 1 saturated heterocycles. The van der Waals surface area contributed by atoms with Crippen LogP contribution < -0.4 is 0 Å². The minimum atomic E-state index is -0.659. The fourth-order valence-electron chi connectivity index (χ4n) is 3.81. The molecular weight excluding hydrogens is 458 g/mol. The predicted molar refractivity (Wildman–Crippen MR) is 121 cm³/mol. The molecule has 1 N–H and O–H groups in total. The van der Waals surface area contributed by atoms with E-state index in [0.29, 0.717) is 25.1 Å². The summed E-state index contributed by atoms with van der Waals surface area (Å²) in [7, 11) is 0. The first kappa shape index (κ1) is 21.1. The number of carbonyl (C=O) groups is 2. The standard InChI is InChI=1S/C24H22BrN3O3/c1-16-3-5-17(6-4-16)21-20(22(29)18-7-9-19(25)10-8-18)23(30)24(31)28(21)13-2-12-27-14-11-26-15-27/h3-11,14-15,21,29H,2,12-13H2,1H3/b22-20+/t21-/m0/s1. The predicted octanol–water partition coefficient (Wildman–Crippen LogP) is 4.47. The Morgan fingerprint density at radius 1 is 1.06 bits per heavy atom. The summed E-state index contributed by atoms with van der Waals surface area (Å²) in [6.45, 7) is 3.04. The van der Waals surface area contributed by atoms with Gasteiger partial charge in [-0.15, -0.1) is 0 Å². The Hall–Kier alpha value is -3.19. The van der Waals surface area contributed by atoms with Crippen LogP contribution in [0.25, 0.3) is 5.76 Å². The number of Topliss-reactive ketones (excluding diaryl/α,β-unsaturated/α-hetero) is 1. The van der Waals surface area contributed by atoms with Gasteiger partial charge in [0.25, 0.3) is 11.7 Å². The number of imidazole rings is 1. The van der Waals surface area contributed by atoms with Crippen LogP contribution >= 0.6 is 15.9 Å². The summed E-state index contributed by atoms with van der Waals surface area (Å²) in [6, 6.07) is 14.1. The number of hydrogen-bond acceptors (Lipinski definition) is 4. The van der Waals surface area contributed by atoms with Gasteiger partial charge in [-0.3, -0.25) is 9.59 Å². The number of benzene rings is 2. The molecule has 4 rings (SSSR count). The summed E-state index contributed by atoms with van der Waals surface area (Å²) in [5.74, 6) is -1.41. The van der Waals surface area contributed by atoms with Gasteiger partial charge in [0.1, 0.15) is 5.76 Å². The molecule has 0 saturated carbocycles. The minimum absolute atomic E-state index is 0.124. The number of nitrogens with zero attached hydrogens (tertiary/aromatic N) is 3. The molecule has 2 aromatic carbocycles. The molecule has 0 spiro atoms. The van der Waals surface area contributed by atoms with Crippen LogP contribution in [0.3, 0.4) is 0 Å². The Balaban J connectivity index is 1.72. The fourth-order valence-corrected chi connectivity index (χ4v) is 4.08. The molecule has 1 aliphatic heterocycles. The monoisotopic (exact) mass is 479 g/mol. The van der Waals surface area contributed by atoms with Gasteiger partial charge in [-0.05, 0) is 31.0 Å². The van der Waals surface area contributed by atoms with E-state index < -0.39 is 17.7 Å². The number of aliphatic hydroxyl groups excluding tert-OH is 1. The SMILES string of the molecule is Cc1ccc([C@H]2/C(=C(\O)c3ccc(Br)cc3)C(=O)C(=O)N2CCCn2ccnc2)cc1. The maximum atomic E-state index is 13.0. The molecule has 1 aromatic heterocycles. The van der Waals surface area contributed by atoms with E-state index in [1.54, 1.807) is 41.7 Å². The van der Waals surface area contributed by atoms with Gasteiger partial charge >= 0.3 is 0 Å². The molecule has 0 bridgehead atoms. The van der Waals surface area contributed by atoms with Gasteiger partial charge in [0.2, 0.25) is 0 Å². The normalized spacial score (nSPS) is 18.0. The third-order valence-electron chi connectivity index (χ3n) is 5.43. The molecule has 1 amide bonds. The zero-order chi connectivity index (χ0) is 22.0. The van der Waals surface area contributed by atoms with Crippen LogP contribution in [0, 0.1) is 6.92 Å². The van der Waals surface area contributed by atoms with Crippen LogP contribution in [0.1, 0.15) is 29.2 Å². The van der Waals surface area contributed by atoms with Crippen molar-refractivity contribution < 1.29 is 14.7 Å². The smallest absolute Gasteiger partial charge is 0.295 e. The third kappa shape index (κ3) is 4.32. The van der Waals surface area contributed by atoms with Crippen molar-refractivity contribution in [3.63, 3.8) is 0 Å². The van der Waals surface area contributed by atoms with Gasteiger partial charge in [0.05, 0.1) is 17.9 Å². The lowest BCUT2D eigenvalue weighted by atomic mass is 9.94. The molecule has 6 nitrogen and oxygen atoms in total. The lowest BCUT2D eigenvalue weighted by molar-refractivity contribution is -0.139. The molecule has 158 valence electrons. The number of rotatable bonds is 6. The first-order valence-electron chi connectivity index (χ1n) is 10.0. The van der Waals surface area contributed by atoms with Gasteiger partial charge in [-0.1, -0.05) is 57.9 Å². The molecule has 2 heterocycles. The average Bonchev–Trinajstić information content (AvgIpc) is 3.37. The zero-order valence-electron chi connectivity index (χ0n) is 17.0. The topological polar surface area (TPSA) is 75.4 Å². The number of carbonyl (C=O) groups excluding carboxylic acids is 2. The van der Waals surface area contributed by atoms with E-state index in [4.69, 9.17) is 0 Å². The van der Waals surface area contributed by atoms with Crippen molar-refractivity contribution in [2.45, 2.75) is 25.9 Å². The highest BCUT2D eigenvalue weighted by atomic mass is 79.9. The quantitative estimate of drug-likeness (QED) is 0.321. The van der Waals surface area contributed by atoms with Crippen LogP contribution in [0.5, 0.6) is 0 Å². The summed E-state index contributed by atoms with van der Waals surface area (Å²) in [4.78, 5) is 31.6. The van der Waals surface area contributed by atoms with E-state index in [9.17, 15) is 14.7 Å². The van der Waals surface area contributed by atoms with Gasteiger partial charge < -0.3 is 14.6 Å². The van der Waals surface area contributed by atoms with E-state index in [1.807, 2.05) is 42.0 Å². The maximum Gasteiger partial charge on any atom is 0.295 e. The maximum absolute atomic E-state index is 13.0. The summed E-state index contributed by atoms with van der Waals surface area (Å²) >= 11 is 3.38. The highest BCUT2D eigenvalue weighted by molar-refractivity contribution is 9.10. The van der Waals surface area contributed by atoms with E-state index in [2.05, 4.69) is 20.9 Å². The van der Waals surface area contributed by atoms with Crippen molar-refractivity contribution in [3.8, 4) is 0 Å². The molecule has 3 aromatic rings. The van der Waals surface area contributed by atoms with E-state index >= 15 is 0 Å². The van der Waals surface area contributed by atoms with Gasteiger partial charge in [-0.2, -0.15) is 0 Å². The number of aryl methyl sites for hydroxylation is 2. The molecule has 0 aliphatic carbocycles. The Morgan fingerprint density at radius 2 is 1.77 bits per heavy atom. The summed E-state index contributed by atoms with van der Waals surface area (Å²) < 4.78 is 2.79. The third-order valence-corrected chi connectivity index (χ3v) is 5.95. The van der Waals surface area contributed by atoms with Crippen molar-refractivity contribution in [1.29, 1.82) is 0 Å². The first-order valence-corrected chi connectivity index (χ1v) is 10.8. The second kappa shape index (κ2) is 8.89. The van der Waals surface area contributed by atoms with Crippen molar-refractivity contribution in [1.82, 2.24) is 14.5 Å². The van der Waals surface area contributed by atoms with E-state index in [0.717, 1.165) is 15.6 Å². The Kier molecular flexibility index (Phi) is 6.04. The lowest BCUT2D eigenvalue weighted by Crippen LogP contribution is -2.31. The van der Waals surface area contributed by atoms with E-state index in [1.165, 1.54) is 0 Å². The average molecular weight is 480 g/mol. The van der Waals surface area contributed by atoms with Crippen LogP contribution in [0.4, 0.5) is 0 Å². The largest absolute Gasteiger partial charge is 0.507 e. The lowest BCUT2D eigenvalue weighted by Gasteiger charge is -2.25. The number of ketones is 1. The Bertz CT molecular complexity index is 1120. The molecular formula is C24H22BrN3O3. The second-order valence-electron chi connectivity index (χ2n) is 7.56. The molecule has 1 aliphatic rings. The van der Waals surface area contributed by atoms with Gasteiger partial charge in [0, 0.05) is 35.5 Å². The molecule has 7 heteroatoms. The van der Waals surface area contributed by atoms with Crippen molar-refractivity contribution in [2.75, 3.05) is 6.54 Å². The highest BCUT2D eigenvalue weighted by Gasteiger charge is 2.45. The van der Waals surface area contributed by atoms with Crippen LogP contribution in [-0.2, 0) is 16.1 Å². The summed E-state index contributed by atoms with van der Waals surface area (Å²) in [6.07, 6.45) is 5.94. The Labute approximate surface area is 189 Å². The summed E-state index contributed by atoms with van der Waals surface area (Å²) in [5.41, 5.74) is 2.50. The molecule has 31 heavy (non-hydrogen) atoms. The van der Waals surface area contributed by atoms with Crippen molar-refractivity contribution >= 4 is 33.4 Å². The van der Waals surface area contributed by atoms with Crippen LogP contribution in [-0.4, -0.2) is 37.8 Å². The van der Waals surface area contributed by atoms with Crippen LogP contribution in [0.2, 0.25) is 0 Å². The first-order chi connectivity index (χ1) is 15.0. The van der Waals surface area contributed by atoms with Crippen LogP contribution in [0.15, 0.2) is 77.3 Å². The minimum Gasteiger partial charge on any atom is -0.507 e. The molecule has 0 unspecified atom stereocenters. The Morgan fingerprint density at radius 3 is 2.42 bits per heavy atom. The van der Waals surface area contributed by atoms with E-state index in [-0.39, 0.29) is 11.3 Å².